The van der Waals surface area contributed by atoms with Gasteiger partial charge in [-0.05, 0) is 48.5 Å². The smallest absolute Gasteiger partial charge is 0.496 e. The molecule has 0 bridgehead atoms. The summed E-state index contributed by atoms with van der Waals surface area (Å²) in [5.41, 5.74) is 1.43. The van der Waals surface area contributed by atoms with Crippen molar-refractivity contribution in [3.63, 3.8) is 0 Å². The summed E-state index contributed by atoms with van der Waals surface area (Å²) in [7, 11) is 3.20. The lowest BCUT2D eigenvalue weighted by molar-refractivity contribution is 0.104. The fourth-order valence-corrected chi connectivity index (χ4v) is 2.33. The topological polar surface area (TPSA) is 44.8 Å². The molecule has 0 atom stereocenters. The Morgan fingerprint density at radius 2 is 1.32 bits per heavy atom. The number of ether oxygens (including phenoxy) is 2. The Labute approximate surface area is 138 Å². The lowest BCUT2D eigenvalue weighted by atomic mass is 10.1. The van der Waals surface area contributed by atoms with E-state index in [0.717, 1.165) is 17.1 Å². The minimum atomic E-state index is -0.107. The van der Waals surface area contributed by atoms with Crippen molar-refractivity contribution >= 4 is 28.2 Å². The number of rotatable bonds is 6. The van der Waals surface area contributed by atoms with Crippen molar-refractivity contribution in [1.29, 1.82) is 0 Å². The first kappa shape index (κ1) is 16.2. The van der Waals surface area contributed by atoms with Gasteiger partial charge < -0.3 is 13.3 Å². The normalized spacial score (nSPS) is 10.9. The minimum Gasteiger partial charge on any atom is -0.647 e. The van der Waals surface area contributed by atoms with Crippen molar-refractivity contribution in [2.75, 3.05) is 14.2 Å². The molecule has 5 heteroatoms. The van der Waals surface area contributed by atoms with Gasteiger partial charge in [0.15, 0.2) is 5.78 Å². The number of carbonyl (C=O) groups excluding carboxylic acids is 1. The lowest BCUT2D eigenvalue weighted by Crippen LogP contribution is -1.98. The maximum atomic E-state index is 12.3. The van der Waals surface area contributed by atoms with Crippen LogP contribution < -0.4 is 9.47 Å². The predicted molar refractivity (Wildman–Crippen MR) is 87.9 cm³/mol. The highest BCUT2D eigenvalue weighted by Gasteiger charge is 2.07. The van der Waals surface area contributed by atoms with E-state index in [1.54, 1.807) is 38.5 Å². The van der Waals surface area contributed by atoms with Gasteiger partial charge in [-0.25, -0.2) is 0 Å². The average molecular weight is 312 g/mol. The van der Waals surface area contributed by atoms with Crippen LogP contribution in [0.25, 0.3) is 5.76 Å². The Hall–Kier alpha value is -2.22. The van der Waals surface area contributed by atoms with Crippen LogP contribution >= 0.6 is 0 Å². The Morgan fingerprint density at radius 3 is 1.73 bits per heavy atom. The SMILES string of the molecule is COc1ccc(C(=O)/C=C(\[O][AlH2])c2ccc(OC)cc2)cc1. The van der Waals surface area contributed by atoms with Gasteiger partial charge in [0, 0.05) is 17.2 Å². The molecule has 2 rings (SSSR count). The molecule has 0 radical (unpaired) electrons. The summed E-state index contributed by atoms with van der Waals surface area (Å²) in [4.78, 5) is 12.3. The number of hydrogen-bond acceptors (Lipinski definition) is 4. The number of methoxy groups -OCH3 is 2. The van der Waals surface area contributed by atoms with Crippen LogP contribution in [-0.4, -0.2) is 36.6 Å². The molecule has 0 N–H and O–H groups in total. The number of carbonyl (C=O) groups is 1. The van der Waals surface area contributed by atoms with E-state index in [4.69, 9.17) is 13.3 Å². The standard InChI is InChI=1S/C17H16O4.Al.2H/c1-20-14-7-3-12(4-8-14)16(18)11-17(19)13-5-9-15(21-2)10-6-13;;;/h3-11,18H,1-2H3;;;/q;+1;;/p-1/b16-11-;;;. The van der Waals surface area contributed by atoms with E-state index in [-0.39, 0.29) is 5.78 Å². The summed E-state index contributed by atoms with van der Waals surface area (Å²) in [5.74, 6) is 1.94. The zero-order valence-electron chi connectivity index (χ0n) is 12.8. The van der Waals surface area contributed by atoms with Crippen LogP contribution in [0.4, 0.5) is 0 Å². The zero-order chi connectivity index (χ0) is 15.9. The second kappa shape index (κ2) is 7.69. The van der Waals surface area contributed by atoms with Gasteiger partial charge in [-0.1, -0.05) is 0 Å². The van der Waals surface area contributed by atoms with Crippen molar-refractivity contribution in [2.45, 2.75) is 0 Å². The van der Waals surface area contributed by atoms with Crippen molar-refractivity contribution < 1.29 is 18.1 Å². The van der Waals surface area contributed by atoms with Gasteiger partial charge in [0.05, 0.1) is 20.0 Å². The largest absolute Gasteiger partial charge is 0.647 e. The first-order valence-electron chi connectivity index (χ1n) is 6.76. The molecular formula is C17H17AlO4. The first-order valence-corrected chi connectivity index (χ1v) is 7.58. The Bertz CT molecular complexity index is 660. The molecule has 22 heavy (non-hydrogen) atoms. The van der Waals surface area contributed by atoms with Crippen LogP contribution in [0.15, 0.2) is 54.6 Å². The van der Waals surface area contributed by atoms with Gasteiger partial charge >= 0.3 is 16.6 Å². The van der Waals surface area contributed by atoms with Gasteiger partial charge in [-0.3, -0.25) is 4.79 Å². The highest BCUT2D eigenvalue weighted by atomic mass is 27.1. The van der Waals surface area contributed by atoms with Crippen LogP contribution in [0.5, 0.6) is 11.5 Å². The second-order valence-corrected chi connectivity index (χ2v) is 4.94. The van der Waals surface area contributed by atoms with Crippen LogP contribution in [-0.2, 0) is 3.79 Å². The Balaban J connectivity index is 2.24. The van der Waals surface area contributed by atoms with E-state index < -0.39 is 0 Å². The molecule has 0 saturated heterocycles. The van der Waals surface area contributed by atoms with E-state index >= 15 is 0 Å². The van der Waals surface area contributed by atoms with E-state index in [1.807, 2.05) is 24.3 Å². The summed E-state index contributed by atoms with van der Waals surface area (Å²) >= 11 is 0.501. The molecular weight excluding hydrogens is 295 g/mol. The van der Waals surface area contributed by atoms with Gasteiger partial charge in [-0.2, -0.15) is 0 Å². The van der Waals surface area contributed by atoms with E-state index in [0.29, 0.717) is 27.9 Å². The summed E-state index contributed by atoms with van der Waals surface area (Å²) in [6.45, 7) is 0. The zero-order valence-corrected chi connectivity index (χ0v) is 14.8. The Morgan fingerprint density at radius 1 is 0.864 bits per heavy atom. The lowest BCUT2D eigenvalue weighted by Gasteiger charge is -2.09. The monoisotopic (exact) mass is 312 g/mol. The molecule has 0 saturated carbocycles. The molecule has 0 aliphatic heterocycles. The molecule has 0 unspecified atom stereocenters. The van der Waals surface area contributed by atoms with Gasteiger partial charge in [-0.15, -0.1) is 0 Å². The van der Waals surface area contributed by atoms with Crippen molar-refractivity contribution in [3.8, 4) is 11.5 Å². The minimum absolute atomic E-state index is 0.107. The van der Waals surface area contributed by atoms with Gasteiger partial charge in [0.1, 0.15) is 11.5 Å². The molecule has 2 aromatic carbocycles. The van der Waals surface area contributed by atoms with Crippen LogP contribution in [0.2, 0.25) is 0 Å². The maximum absolute atomic E-state index is 12.3. The van der Waals surface area contributed by atoms with E-state index in [2.05, 4.69) is 0 Å². The van der Waals surface area contributed by atoms with Crippen LogP contribution in [0.1, 0.15) is 15.9 Å². The fourth-order valence-electron chi connectivity index (χ4n) is 1.97. The second-order valence-electron chi connectivity index (χ2n) is 4.53. The molecule has 112 valence electrons. The molecule has 0 amide bonds. The van der Waals surface area contributed by atoms with E-state index in [1.165, 1.54) is 6.08 Å². The third-order valence-electron chi connectivity index (χ3n) is 3.23. The fraction of sp³-hybridized carbons (Fsp3) is 0.118. The number of hydrogen-bond donors (Lipinski definition) is 0. The molecule has 0 heterocycles. The number of benzene rings is 2. The van der Waals surface area contributed by atoms with Crippen LogP contribution in [0.3, 0.4) is 0 Å². The Kier molecular flexibility index (Phi) is 5.65. The van der Waals surface area contributed by atoms with Crippen LogP contribution in [0, 0.1) is 0 Å². The van der Waals surface area contributed by atoms with Crippen molar-refractivity contribution in [1.82, 2.24) is 0 Å². The van der Waals surface area contributed by atoms with Crippen molar-refractivity contribution in [3.05, 3.63) is 65.7 Å². The maximum Gasteiger partial charge on any atom is 0.496 e. The molecule has 0 aliphatic rings. The number of allylic oxidation sites excluding steroid dienone is 1. The highest BCUT2D eigenvalue weighted by molar-refractivity contribution is 6.10. The number of ketones is 1. The van der Waals surface area contributed by atoms with Gasteiger partial charge in [0.2, 0.25) is 0 Å². The molecule has 4 nitrogen and oxygen atoms in total. The summed E-state index contributed by atoms with van der Waals surface area (Å²) < 4.78 is 15.7. The summed E-state index contributed by atoms with van der Waals surface area (Å²) in [6, 6.07) is 14.4. The highest BCUT2D eigenvalue weighted by Crippen LogP contribution is 2.20. The quantitative estimate of drug-likeness (QED) is 0.356. The van der Waals surface area contributed by atoms with E-state index in [9.17, 15) is 4.79 Å². The molecule has 0 aliphatic carbocycles. The molecule has 2 aromatic rings. The third kappa shape index (κ3) is 3.91. The van der Waals surface area contributed by atoms with Gasteiger partial charge in [0.25, 0.3) is 0 Å². The predicted octanol–water partition coefficient (Wildman–Crippen LogP) is 2.49. The average Bonchev–Trinajstić information content (AvgIpc) is 2.59. The molecule has 0 aromatic heterocycles. The molecule has 0 fully saturated rings. The summed E-state index contributed by atoms with van der Waals surface area (Å²) in [5, 5.41) is 0. The first-order chi connectivity index (χ1) is 10.7. The molecule has 0 spiro atoms. The summed E-state index contributed by atoms with van der Waals surface area (Å²) in [6.07, 6.45) is 1.51. The third-order valence-corrected chi connectivity index (χ3v) is 3.67. The van der Waals surface area contributed by atoms with Crippen molar-refractivity contribution in [2.24, 2.45) is 0 Å².